The molecule has 1 aliphatic rings. The Balaban J connectivity index is 1.72. The van der Waals surface area contributed by atoms with Gasteiger partial charge in [-0.05, 0) is 37.0 Å². The molecule has 138 valence electrons. The van der Waals surface area contributed by atoms with Crippen molar-refractivity contribution >= 4 is 17.5 Å². The Bertz CT molecular complexity index is 782. The van der Waals surface area contributed by atoms with Gasteiger partial charge in [0, 0.05) is 24.9 Å². The fourth-order valence-corrected chi connectivity index (χ4v) is 2.94. The highest BCUT2D eigenvalue weighted by Gasteiger charge is 2.45. The molecular weight excluding hydrogens is 367 g/mol. The van der Waals surface area contributed by atoms with Gasteiger partial charge >= 0.3 is 0 Å². The van der Waals surface area contributed by atoms with Gasteiger partial charge in [-0.1, -0.05) is 23.7 Å². The summed E-state index contributed by atoms with van der Waals surface area (Å²) in [6, 6.07) is 6.59. The number of nitrogens with one attached hydrogen (secondary N) is 1. The number of nitrogens with zero attached hydrogens (tertiary/aromatic N) is 2. The van der Waals surface area contributed by atoms with Crippen LogP contribution in [0.4, 0.5) is 13.2 Å². The first-order valence-electron chi connectivity index (χ1n) is 8.19. The number of aromatic nitrogens is 2. The van der Waals surface area contributed by atoms with Crippen molar-refractivity contribution in [3.63, 3.8) is 0 Å². The summed E-state index contributed by atoms with van der Waals surface area (Å²) in [6.45, 7) is 0.132. The highest BCUT2D eigenvalue weighted by molar-refractivity contribution is 6.33. The summed E-state index contributed by atoms with van der Waals surface area (Å²) in [5.41, 5.74) is -0.447. The van der Waals surface area contributed by atoms with Crippen LogP contribution in [-0.2, 0) is 0 Å². The van der Waals surface area contributed by atoms with E-state index >= 15 is 0 Å². The van der Waals surface area contributed by atoms with Crippen molar-refractivity contribution in [2.24, 2.45) is 0 Å². The van der Waals surface area contributed by atoms with Gasteiger partial charge in [-0.15, -0.1) is 0 Å². The van der Waals surface area contributed by atoms with Crippen LogP contribution in [0.25, 0.3) is 0 Å². The van der Waals surface area contributed by atoms with Crippen LogP contribution in [0.15, 0.2) is 36.7 Å². The third-order valence-corrected chi connectivity index (χ3v) is 4.72. The van der Waals surface area contributed by atoms with Crippen molar-refractivity contribution in [1.82, 2.24) is 15.3 Å². The number of halogens is 4. The number of carbonyl (C=O) groups excluding carboxylic acids is 1. The molecule has 1 aliphatic carbocycles. The molecule has 0 saturated heterocycles. The monoisotopic (exact) mass is 383 g/mol. The Hall–Kier alpha value is -2.15. The van der Waals surface area contributed by atoms with E-state index in [1.807, 2.05) is 0 Å². The third kappa shape index (κ3) is 4.52. The lowest BCUT2D eigenvalue weighted by molar-refractivity contribution is 0.0948. The van der Waals surface area contributed by atoms with Gasteiger partial charge in [0.25, 0.3) is 12.3 Å². The normalized spacial score (nSPS) is 16.3. The SMILES string of the molecule is O=C(NCC(CC1(F)CC1)c1cnc(C(F)F)nc1)c1ccccc1Cl. The molecule has 4 nitrogen and oxygen atoms in total. The first-order valence-corrected chi connectivity index (χ1v) is 8.57. The number of hydrogen-bond donors (Lipinski definition) is 1. The lowest BCUT2D eigenvalue weighted by Gasteiger charge is -2.20. The first-order chi connectivity index (χ1) is 12.4. The standard InChI is InChI=1S/C18H17ClF3N3O/c19-14-4-2-1-3-13(14)17(26)25-8-11(7-18(22)5-6-18)12-9-23-16(15(20)21)24-10-12/h1-4,9-11,15H,5-8H2,(H,25,26). The summed E-state index contributed by atoms with van der Waals surface area (Å²) in [4.78, 5) is 19.6. The minimum absolute atomic E-state index is 0.132. The van der Waals surface area contributed by atoms with Crippen LogP contribution in [0.5, 0.6) is 0 Å². The number of rotatable bonds is 7. The third-order valence-electron chi connectivity index (χ3n) is 4.39. The molecule has 1 amide bonds. The Morgan fingerprint density at radius 3 is 2.46 bits per heavy atom. The maximum atomic E-state index is 14.3. The Morgan fingerprint density at radius 1 is 1.23 bits per heavy atom. The number of carbonyl (C=O) groups is 1. The molecule has 0 spiro atoms. The molecule has 1 fully saturated rings. The Labute approximate surface area is 153 Å². The van der Waals surface area contributed by atoms with E-state index in [0.29, 0.717) is 29.0 Å². The molecule has 26 heavy (non-hydrogen) atoms. The van der Waals surface area contributed by atoms with Crippen molar-refractivity contribution < 1.29 is 18.0 Å². The number of benzene rings is 1. The Kier molecular flexibility index (Phi) is 5.46. The summed E-state index contributed by atoms with van der Waals surface area (Å²) < 4.78 is 39.5. The predicted octanol–water partition coefficient (Wildman–Crippen LogP) is 4.47. The minimum Gasteiger partial charge on any atom is -0.351 e. The number of alkyl halides is 3. The maximum Gasteiger partial charge on any atom is 0.297 e. The van der Waals surface area contributed by atoms with Gasteiger partial charge < -0.3 is 5.32 Å². The van der Waals surface area contributed by atoms with E-state index in [1.54, 1.807) is 24.3 Å². The zero-order chi connectivity index (χ0) is 18.7. The molecule has 2 aromatic rings. The van der Waals surface area contributed by atoms with Gasteiger partial charge in [-0.25, -0.2) is 23.1 Å². The lowest BCUT2D eigenvalue weighted by Crippen LogP contribution is -2.30. The number of amides is 1. The van der Waals surface area contributed by atoms with Crippen molar-refractivity contribution in [3.8, 4) is 0 Å². The Morgan fingerprint density at radius 2 is 1.88 bits per heavy atom. The van der Waals surface area contributed by atoms with Crippen molar-refractivity contribution in [1.29, 1.82) is 0 Å². The number of hydrogen-bond acceptors (Lipinski definition) is 3. The van der Waals surface area contributed by atoms with Gasteiger partial charge in [0.1, 0.15) is 5.67 Å². The fourth-order valence-electron chi connectivity index (χ4n) is 2.72. The van der Waals surface area contributed by atoms with Crippen LogP contribution in [-0.4, -0.2) is 28.1 Å². The molecule has 0 radical (unpaired) electrons. The average Bonchev–Trinajstić information content (AvgIpc) is 3.36. The molecular formula is C18H17ClF3N3O. The van der Waals surface area contributed by atoms with E-state index in [2.05, 4.69) is 15.3 Å². The lowest BCUT2D eigenvalue weighted by atomic mass is 9.94. The highest BCUT2D eigenvalue weighted by atomic mass is 35.5. The molecule has 1 saturated carbocycles. The smallest absolute Gasteiger partial charge is 0.297 e. The van der Waals surface area contributed by atoms with Gasteiger partial charge in [-0.2, -0.15) is 0 Å². The van der Waals surface area contributed by atoms with Crippen molar-refractivity contribution in [2.45, 2.75) is 37.3 Å². The van der Waals surface area contributed by atoms with E-state index in [4.69, 9.17) is 11.6 Å². The van der Waals surface area contributed by atoms with E-state index in [9.17, 15) is 18.0 Å². The summed E-state index contributed by atoms with van der Waals surface area (Å²) >= 11 is 6.00. The van der Waals surface area contributed by atoms with Crippen LogP contribution in [0.1, 0.15) is 53.4 Å². The summed E-state index contributed by atoms with van der Waals surface area (Å²) in [5.74, 6) is -1.37. The first kappa shape index (κ1) is 18.6. The van der Waals surface area contributed by atoms with E-state index in [-0.39, 0.29) is 18.9 Å². The molecule has 0 bridgehead atoms. The molecule has 1 unspecified atom stereocenters. The van der Waals surface area contributed by atoms with Crippen LogP contribution >= 0.6 is 11.6 Å². The van der Waals surface area contributed by atoms with Crippen LogP contribution in [0.3, 0.4) is 0 Å². The second-order valence-electron chi connectivity index (χ2n) is 6.42. The second-order valence-corrected chi connectivity index (χ2v) is 6.82. The second kappa shape index (κ2) is 7.61. The quantitative estimate of drug-likeness (QED) is 0.767. The predicted molar refractivity (Wildman–Crippen MR) is 91.2 cm³/mol. The molecule has 1 heterocycles. The van der Waals surface area contributed by atoms with Crippen molar-refractivity contribution in [3.05, 3.63) is 58.6 Å². The van der Waals surface area contributed by atoms with Gasteiger partial charge in [-0.3, -0.25) is 4.79 Å². The summed E-state index contributed by atoms with van der Waals surface area (Å²) in [6.07, 6.45) is 0.862. The van der Waals surface area contributed by atoms with Crippen LogP contribution in [0.2, 0.25) is 5.02 Å². The molecule has 3 rings (SSSR count). The van der Waals surface area contributed by atoms with E-state index < -0.39 is 23.8 Å². The molecule has 1 atom stereocenters. The van der Waals surface area contributed by atoms with Gasteiger partial charge in [0.2, 0.25) is 0 Å². The average molecular weight is 384 g/mol. The largest absolute Gasteiger partial charge is 0.351 e. The topological polar surface area (TPSA) is 54.9 Å². The summed E-state index contributed by atoms with van der Waals surface area (Å²) in [5, 5.41) is 3.05. The highest BCUT2D eigenvalue weighted by Crippen LogP contribution is 2.46. The zero-order valence-electron chi connectivity index (χ0n) is 13.8. The van der Waals surface area contributed by atoms with Crippen LogP contribution in [0, 0.1) is 0 Å². The molecule has 0 aliphatic heterocycles. The molecule has 8 heteroatoms. The summed E-state index contributed by atoms with van der Waals surface area (Å²) in [7, 11) is 0. The van der Waals surface area contributed by atoms with E-state index in [1.165, 1.54) is 12.4 Å². The zero-order valence-corrected chi connectivity index (χ0v) is 14.5. The molecule has 1 aromatic carbocycles. The van der Waals surface area contributed by atoms with Gasteiger partial charge in [0.05, 0.1) is 10.6 Å². The minimum atomic E-state index is -2.77. The molecule has 1 aromatic heterocycles. The van der Waals surface area contributed by atoms with E-state index in [0.717, 1.165) is 0 Å². The van der Waals surface area contributed by atoms with Gasteiger partial charge in [0.15, 0.2) is 5.82 Å². The van der Waals surface area contributed by atoms with Crippen LogP contribution < -0.4 is 5.32 Å². The maximum absolute atomic E-state index is 14.3. The van der Waals surface area contributed by atoms with Crippen molar-refractivity contribution in [2.75, 3.05) is 6.54 Å². The fraction of sp³-hybridized carbons (Fsp3) is 0.389. The molecule has 1 N–H and O–H groups in total.